The molecule has 0 saturated heterocycles. The number of hydrogen-bond acceptors (Lipinski definition) is 2. The first kappa shape index (κ1) is 14.8. The summed E-state index contributed by atoms with van der Waals surface area (Å²) in [7, 11) is 0. The van der Waals surface area contributed by atoms with Crippen LogP contribution in [0.15, 0.2) is 79.1 Å². The Bertz CT molecular complexity index is 799. The third-order valence-corrected chi connectivity index (χ3v) is 3.44. The molecule has 0 radical (unpaired) electrons. The van der Waals surface area contributed by atoms with Crippen LogP contribution in [0, 0.1) is 0 Å². The van der Waals surface area contributed by atoms with Crippen LogP contribution in [0.25, 0.3) is 11.1 Å². The number of anilines is 1. The zero-order valence-electron chi connectivity index (χ0n) is 12.5. The molecule has 0 aliphatic rings. The third kappa shape index (κ3) is 3.95. The lowest BCUT2D eigenvalue weighted by Gasteiger charge is -2.05. The number of carbonyl (C=O) groups is 1. The SMILES string of the molecule is O=C(C[n+]1cccc(O)c1)Nc1ccc(-c2ccccc2)cc1. The molecule has 2 aromatic carbocycles. The van der Waals surface area contributed by atoms with Gasteiger partial charge in [0.05, 0.1) is 0 Å². The van der Waals surface area contributed by atoms with Crippen LogP contribution in [-0.2, 0) is 11.3 Å². The predicted octanol–water partition coefficient (Wildman–Crippen LogP) is 2.99. The summed E-state index contributed by atoms with van der Waals surface area (Å²) in [5, 5.41) is 12.2. The van der Waals surface area contributed by atoms with Crippen molar-refractivity contribution < 1.29 is 14.5 Å². The number of benzene rings is 2. The Morgan fingerprint density at radius 2 is 1.61 bits per heavy atom. The Balaban J connectivity index is 1.65. The van der Waals surface area contributed by atoms with Crippen LogP contribution in [0.5, 0.6) is 5.75 Å². The smallest absolute Gasteiger partial charge is 0.290 e. The molecule has 1 amide bonds. The fourth-order valence-electron chi connectivity index (χ4n) is 2.35. The van der Waals surface area contributed by atoms with Gasteiger partial charge in [-0.15, -0.1) is 0 Å². The van der Waals surface area contributed by atoms with Gasteiger partial charge in [-0.2, -0.15) is 4.57 Å². The van der Waals surface area contributed by atoms with Crippen molar-refractivity contribution in [1.29, 1.82) is 0 Å². The standard InChI is InChI=1S/C19H16N2O2/c22-18-7-4-12-21(13-18)14-19(23)20-17-10-8-16(9-11-17)15-5-2-1-3-6-15/h1-13H,14H2,(H-,20,22,23)/p+1. The number of rotatable bonds is 4. The molecule has 1 heterocycles. The van der Waals surface area contributed by atoms with E-state index >= 15 is 0 Å². The molecule has 3 aromatic rings. The maximum Gasteiger partial charge on any atom is 0.290 e. The molecule has 0 aliphatic carbocycles. The highest BCUT2D eigenvalue weighted by atomic mass is 16.3. The number of hydrogen-bond donors (Lipinski definition) is 2. The maximum absolute atomic E-state index is 12.0. The van der Waals surface area contributed by atoms with Crippen molar-refractivity contribution >= 4 is 11.6 Å². The molecule has 0 bridgehead atoms. The summed E-state index contributed by atoms with van der Waals surface area (Å²) < 4.78 is 1.63. The van der Waals surface area contributed by atoms with Crippen LogP contribution >= 0.6 is 0 Å². The third-order valence-electron chi connectivity index (χ3n) is 3.44. The molecule has 23 heavy (non-hydrogen) atoms. The van der Waals surface area contributed by atoms with Gasteiger partial charge in [0.1, 0.15) is 0 Å². The Hall–Kier alpha value is -3.14. The average Bonchev–Trinajstić information content (AvgIpc) is 2.56. The first-order valence-corrected chi connectivity index (χ1v) is 7.34. The van der Waals surface area contributed by atoms with E-state index in [-0.39, 0.29) is 18.2 Å². The molecule has 114 valence electrons. The number of nitrogens with one attached hydrogen (secondary N) is 1. The van der Waals surface area contributed by atoms with Gasteiger partial charge in [0.15, 0.2) is 11.9 Å². The topological polar surface area (TPSA) is 53.2 Å². The maximum atomic E-state index is 12.0. The zero-order valence-corrected chi connectivity index (χ0v) is 12.5. The highest BCUT2D eigenvalue weighted by Crippen LogP contribution is 2.20. The van der Waals surface area contributed by atoms with Crippen molar-refractivity contribution in [3.05, 3.63) is 79.1 Å². The van der Waals surface area contributed by atoms with Crippen molar-refractivity contribution in [1.82, 2.24) is 0 Å². The Morgan fingerprint density at radius 3 is 2.30 bits per heavy atom. The van der Waals surface area contributed by atoms with E-state index in [2.05, 4.69) is 5.32 Å². The molecule has 1 aromatic heterocycles. The second-order valence-electron chi connectivity index (χ2n) is 5.23. The molecule has 0 unspecified atom stereocenters. The van der Waals surface area contributed by atoms with Gasteiger partial charge in [0.2, 0.25) is 12.7 Å². The van der Waals surface area contributed by atoms with Gasteiger partial charge in [-0.3, -0.25) is 4.79 Å². The van der Waals surface area contributed by atoms with E-state index < -0.39 is 0 Å². The van der Waals surface area contributed by atoms with Gasteiger partial charge in [-0.25, -0.2) is 0 Å². The van der Waals surface area contributed by atoms with E-state index in [0.29, 0.717) is 0 Å². The number of aromatic hydroxyl groups is 1. The Labute approximate surface area is 134 Å². The molecule has 0 fully saturated rings. The van der Waals surface area contributed by atoms with E-state index in [9.17, 15) is 9.90 Å². The van der Waals surface area contributed by atoms with E-state index in [1.54, 1.807) is 22.9 Å². The van der Waals surface area contributed by atoms with Gasteiger partial charge in [-0.05, 0) is 29.3 Å². The van der Waals surface area contributed by atoms with Crippen molar-refractivity contribution in [2.24, 2.45) is 0 Å². The average molecular weight is 305 g/mol. The molecule has 0 saturated carbocycles. The molecule has 2 N–H and O–H groups in total. The Kier molecular flexibility index (Phi) is 4.34. The summed E-state index contributed by atoms with van der Waals surface area (Å²) in [5.41, 5.74) is 2.99. The van der Waals surface area contributed by atoms with E-state index in [0.717, 1.165) is 16.8 Å². The van der Waals surface area contributed by atoms with Crippen LogP contribution in [-0.4, -0.2) is 11.0 Å². The number of pyridine rings is 1. The number of nitrogens with zero attached hydrogens (tertiary/aromatic N) is 1. The summed E-state index contributed by atoms with van der Waals surface area (Å²) in [4.78, 5) is 12.0. The molecular formula is C19H17N2O2+. The normalized spacial score (nSPS) is 10.3. The fraction of sp³-hybridized carbons (Fsp3) is 0.0526. The molecule has 4 nitrogen and oxygen atoms in total. The molecule has 0 aliphatic heterocycles. The monoisotopic (exact) mass is 305 g/mol. The minimum absolute atomic E-state index is 0.132. The number of aromatic nitrogens is 1. The van der Waals surface area contributed by atoms with Crippen molar-refractivity contribution in [3.63, 3.8) is 0 Å². The van der Waals surface area contributed by atoms with Gasteiger partial charge in [0.25, 0.3) is 5.91 Å². The molecule has 0 spiro atoms. The van der Waals surface area contributed by atoms with Crippen molar-refractivity contribution in [2.75, 3.05) is 5.32 Å². The van der Waals surface area contributed by atoms with Crippen LogP contribution in [0.4, 0.5) is 5.69 Å². The van der Waals surface area contributed by atoms with E-state index in [1.165, 1.54) is 6.20 Å². The predicted molar refractivity (Wildman–Crippen MR) is 88.8 cm³/mol. The number of carbonyl (C=O) groups excluding carboxylic acids is 1. The molecule has 3 rings (SSSR count). The quantitative estimate of drug-likeness (QED) is 0.728. The van der Waals surface area contributed by atoms with E-state index in [1.807, 2.05) is 54.6 Å². The van der Waals surface area contributed by atoms with Gasteiger partial charge in [0, 0.05) is 11.8 Å². The lowest BCUT2D eigenvalue weighted by molar-refractivity contribution is -0.684. The van der Waals surface area contributed by atoms with Crippen LogP contribution in [0.3, 0.4) is 0 Å². The highest BCUT2D eigenvalue weighted by molar-refractivity contribution is 5.90. The number of amides is 1. The highest BCUT2D eigenvalue weighted by Gasteiger charge is 2.10. The van der Waals surface area contributed by atoms with Gasteiger partial charge in [-0.1, -0.05) is 42.5 Å². The Morgan fingerprint density at radius 1 is 0.913 bits per heavy atom. The first-order valence-electron chi connectivity index (χ1n) is 7.34. The van der Waals surface area contributed by atoms with Crippen LogP contribution in [0.2, 0.25) is 0 Å². The lowest BCUT2D eigenvalue weighted by atomic mass is 10.1. The zero-order chi connectivity index (χ0) is 16.1. The summed E-state index contributed by atoms with van der Waals surface area (Å²) in [6.07, 6.45) is 3.25. The van der Waals surface area contributed by atoms with Crippen molar-refractivity contribution in [2.45, 2.75) is 6.54 Å². The molecular weight excluding hydrogens is 288 g/mol. The second-order valence-corrected chi connectivity index (χ2v) is 5.23. The molecule has 4 heteroatoms. The summed E-state index contributed by atoms with van der Waals surface area (Å²) in [5.74, 6) is -0.0134. The van der Waals surface area contributed by atoms with Gasteiger partial charge >= 0.3 is 0 Å². The minimum Gasteiger partial charge on any atom is -0.503 e. The van der Waals surface area contributed by atoms with Crippen molar-refractivity contribution in [3.8, 4) is 16.9 Å². The largest absolute Gasteiger partial charge is 0.503 e. The first-order chi connectivity index (χ1) is 11.2. The van der Waals surface area contributed by atoms with E-state index in [4.69, 9.17) is 0 Å². The van der Waals surface area contributed by atoms with Crippen LogP contribution in [0.1, 0.15) is 0 Å². The summed E-state index contributed by atoms with van der Waals surface area (Å²) in [6.45, 7) is 0.148. The second kappa shape index (κ2) is 6.75. The lowest BCUT2D eigenvalue weighted by Crippen LogP contribution is -2.39. The minimum atomic E-state index is -0.145. The summed E-state index contributed by atoms with van der Waals surface area (Å²) in [6, 6.07) is 21.1. The van der Waals surface area contributed by atoms with Gasteiger partial charge < -0.3 is 10.4 Å². The fourth-order valence-corrected chi connectivity index (χ4v) is 2.35. The van der Waals surface area contributed by atoms with Crippen LogP contribution < -0.4 is 9.88 Å². The molecule has 0 atom stereocenters. The summed E-state index contributed by atoms with van der Waals surface area (Å²) >= 11 is 0.